The first-order valence-electron chi connectivity index (χ1n) is 5.68. The average molecular weight is 393 g/mol. The van der Waals surface area contributed by atoms with Crippen LogP contribution in [-0.4, -0.2) is 20.6 Å². The van der Waals surface area contributed by atoms with Gasteiger partial charge in [-0.1, -0.05) is 11.6 Å². The van der Waals surface area contributed by atoms with Gasteiger partial charge in [-0.15, -0.1) is 0 Å². The molecular weight excluding hydrogens is 382 g/mol. The summed E-state index contributed by atoms with van der Waals surface area (Å²) < 4.78 is 32.2. The van der Waals surface area contributed by atoms with Crippen LogP contribution in [0.15, 0.2) is 45.8 Å². The number of phenols is 1. The quantitative estimate of drug-likeness (QED) is 0.833. The summed E-state index contributed by atoms with van der Waals surface area (Å²) in [5.41, 5.74) is 0.222. The standard InChI is InChI=1S/C13H11BrClNO4S/c1-20-13-5-2-8(6-12(13)17)16-21(18,19)9-3-4-11(15)10(14)7-9/h2-7,16-17H,1H3. The maximum Gasteiger partial charge on any atom is 0.261 e. The Balaban J connectivity index is 2.32. The molecule has 0 aliphatic heterocycles. The van der Waals surface area contributed by atoms with E-state index in [0.717, 1.165) is 0 Å². The van der Waals surface area contributed by atoms with E-state index in [-0.39, 0.29) is 22.1 Å². The summed E-state index contributed by atoms with van der Waals surface area (Å²) in [5.74, 6) is 0.0992. The number of sulfonamides is 1. The molecular formula is C13H11BrClNO4S. The molecule has 0 saturated carbocycles. The number of methoxy groups -OCH3 is 1. The van der Waals surface area contributed by atoms with Crippen LogP contribution >= 0.6 is 27.5 Å². The highest BCUT2D eigenvalue weighted by Crippen LogP contribution is 2.30. The van der Waals surface area contributed by atoms with E-state index < -0.39 is 10.0 Å². The fraction of sp³-hybridized carbons (Fsp3) is 0.0769. The van der Waals surface area contributed by atoms with E-state index in [1.807, 2.05) is 0 Å². The molecule has 0 saturated heterocycles. The number of anilines is 1. The van der Waals surface area contributed by atoms with Gasteiger partial charge in [-0.05, 0) is 46.3 Å². The molecule has 21 heavy (non-hydrogen) atoms. The number of aromatic hydroxyl groups is 1. The van der Waals surface area contributed by atoms with Crippen LogP contribution in [0.1, 0.15) is 0 Å². The van der Waals surface area contributed by atoms with Gasteiger partial charge in [0, 0.05) is 10.5 Å². The van der Waals surface area contributed by atoms with Crippen LogP contribution in [0.4, 0.5) is 5.69 Å². The van der Waals surface area contributed by atoms with E-state index in [1.54, 1.807) is 0 Å². The van der Waals surface area contributed by atoms with Gasteiger partial charge in [-0.3, -0.25) is 4.72 Å². The second kappa shape index (κ2) is 6.13. The zero-order valence-corrected chi connectivity index (χ0v) is 14.0. The minimum Gasteiger partial charge on any atom is -0.504 e. The lowest BCUT2D eigenvalue weighted by Gasteiger charge is -2.10. The zero-order valence-electron chi connectivity index (χ0n) is 10.8. The average Bonchev–Trinajstić information content (AvgIpc) is 2.41. The van der Waals surface area contributed by atoms with Crippen molar-refractivity contribution in [3.05, 3.63) is 45.9 Å². The molecule has 2 aromatic carbocycles. The Labute approximate surface area is 135 Å². The van der Waals surface area contributed by atoms with Crippen molar-refractivity contribution in [3.63, 3.8) is 0 Å². The Bertz CT molecular complexity index is 780. The van der Waals surface area contributed by atoms with E-state index >= 15 is 0 Å². The van der Waals surface area contributed by atoms with Crippen LogP contribution in [0.3, 0.4) is 0 Å². The number of phenolic OH excluding ortho intramolecular Hbond substituents is 1. The number of nitrogens with one attached hydrogen (secondary N) is 1. The van der Waals surface area contributed by atoms with Crippen LogP contribution in [0.5, 0.6) is 11.5 Å². The maximum atomic E-state index is 12.2. The van der Waals surface area contributed by atoms with Crippen molar-refractivity contribution in [3.8, 4) is 11.5 Å². The first-order chi connectivity index (χ1) is 9.83. The Hall–Kier alpha value is -1.44. The summed E-state index contributed by atoms with van der Waals surface area (Å²) in [4.78, 5) is 0.0501. The Morgan fingerprint density at radius 1 is 1.24 bits per heavy atom. The third-order valence-corrected chi connectivity index (χ3v) is 5.23. The number of benzene rings is 2. The normalized spacial score (nSPS) is 11.2. The minimum absolute atomic E-state index is 0.0501. The lowest BCUT2D eigenvalue weighted by atomic mass is 10.3. The molecule has 112 valence electrons. The number of rotatable bonds is 4. The highest BCUT2D eigenvalue weighted by molar-refractivity contribution is 9.10. The minimum atomic E-state index is -3.78. The van der Waals surface area contributed by atoms with Gasteiger partial charge in [0.25, 0.3) is 10.0 Å². The first kappa shape index (κ1) is 15.9. The predicted molar refractivity (Wildman–Crippen MR) is 84.6 cm³/mol. The SMILES string of the molecule is COc1ccc(NS(=O)(=O)c2ccc(Cl)c(Br)c2)cc1O. The van der Waals surface area contributed by atoms with Crippen molar-refractivity contribution in [1.29, 1.82) is 0 Å². The molecule has 2 aromatic rings. The van der Waals surface area contributed by atoms with Gasteiger partial charge in [0.15, 0.2) is 11.5 Å². The molecule has 0 aliphatic rings. The van der Waals surface area contributed by atoms with Crippen molar-refractivity contribution < 1.29 is 18.3 Å². The summed E-state index contributed by atoms with van der Waals surface area (Å²) >= 11 is 9.01. The molecule has 0 aromatic heterocycles. The summed E-state index contributed by atoms with van der Waals surface area (Å²) in [5, 5.41) is 10.1. The van der Waals surface area contributed by atoms with Crippen molar-refractivity contribution in [2.24, 2.45) is 0 Å². The number of halogens is 2. The highest BCUT2D eigenvalue weighted by atomic mass is 79.9. The van der Waals surface area contributed by atoms with Crippen molar-refractivity contribution in [2.75, 3.05) is 11.8 Å². The molecule has 0 amide bonds. The molecule has 2 N–H and O–H groups in total. The molecule has 0 aliphatic carbocycles. The van der Waals surface area contributed by atoms with E-state index in [1.165, 1.54) is 43.5 Å². The van der Waals surface area contributed by atoms with Crippen LogP contribution in [-0.2, 0) is 10.0 Å². The molecule has 0 atom stereocenters. The fourth-order valence-corrected chi connectivity index (χ4v) is 3.33. The Morgan fingerprint density at radius 3 is 2.52 bits per heavy atom. The molecule has 8 heteroatoms. The van der Waals surface area contributed by atoms with Gasteiger partial charge < -0.3 is 9.84 Å². The van der Waals surface area contributed by atoms with Gasteiger partial charge in [0.05, 0.1) is 22.7 Å². The Kier molecular flexibility index (Phi) is 4.65. The molecule has 2 rings (SSSR count). The van der Waals surface area contributed by atoms with Gasteiger partial charge in [0.1, 0.15) is 0 Å². The Morgan fingerprint density at radius 2 is 1.95 bits per heavy atom. The summed E-state index contributed by atoms with van der Waals surface area (Å²) in [6.07, 6.45) is 0. The fourth-order valence-electron chi connectivity index (χ4n) is 1.61. The van der Waals surface area contributed by atoms with Crippen LogP contribution in [0.2, 0.25) is 5.02 Å². The third kappa shape index (κ3) is 3.61. The lowest BCUT2D eigenvalue weighted by Crippen LogP contribution is -2.12. The summed E-state index contributed by atoms with van der Waals surface area (Å²) in [6, 6.07) is 8.48. The lowest BCUT2D eigenvalue weighted by molar-refractivity contribution is 0.373. The number of ether oxygens (including phenoxy) is 1. The maximum absolute atomic E-state index is 12.2. The van der Waals surface area contributed by atoms with Crippen molar-refractivity contribution in [2.45, 2.75) is 4.90 Å². The van der Waals surface area contributed by atoms with Crippen molar-refractivity contribution in [1.82, 2.24) is 0 Å². The molecule has 5 nitrogen and oxygen atoms in total. The van der Waals surface area contributed by atoms with E-state index in [9.17, 15) is 13.5 Å². The molecule has 0 heterocycles. The largest absolute Gasteiger partial charge is 0.504 e. The second-order valence-electron chi connectivity index (χ2n) is 4.07. The van der Waals surface area contributed by atoms with Gasteiger partial charge in [-0.2, -0.15) is 0 Å². The molecule has 0 bridgehead atoms. The van der Waals surface area contributed by atoms with Gasteiger partial charge in [-0.25, -0.2) is 8.42 Å². The molecule has 0 spiro atoms. The van der Waals surface area contributed by atoms with Crippen LogP contribution in [0, 0.1) is 0 Å². The van der Waals surface area contributed by atoms with Crippen LogP contribution < -0.4 is 9.46 Å². The van der Waals surface area contributed by atoms with Crippen molar-refractivity contribution >= 4 is 43.2 Å². The van der Waals surface area contributed by atoms with Gasteiger partial charge in [0.2, 0.25) is 0 Å². The van der Waals surface area contributed by atoms with E-state index in [4.69, 9.17) is 16.3 Å². The van der Waals surface area contributed by atoms with E-state index in [0.29, 0.717) is 9.50 Å². The first-order valence-corrected chi connectivity index (χ1v) is 8.34. The number of hydrogen-bond donors (Lipinski definition) is 2. The highest BCUT2D eigenvalue weighted by Gasteiger charge is 2.16. The molecule has 0 unspecified atom stereocenters. The predicted octanol–water partition coefficient (Wildman–Crippen LogP) is 3.62. The monoisotopic (exact) mass is 391 g/mol. The second-order valence-corrected chi connectivity index (χ2v) is 7.01. The summed E-state index contributed by atoms with van der Waals surface area (Å²) in [7, 11) is -2.37. The smallest absolute Gasteiger partial charge is 0.261 e. The topological polar surface area (TPSA) is 75.6 Å². The molecule has 0 fully saturated rings. The zero-order chi connectivity index (χ0) is 15.6. The third-order valence-electron chi connectivity index (χ3n) is 2.63. The van der Waals surface area contributed by atoms with Gasteiger partial charge >= 0.3 is 0 Å². The summed E-state index contributed by atoms with van der Waals surface area (Å²) in [6.45, 7) is 0. The molecule has 0 radical (unpaired) electrons. The van der Waals surface area contributed by atoms with Crippen LogP contribution in [0.25, 0.3) is 0 Å². The number of hydrogen-bond acceptors (Lipinski definition) is 4. The van der Waals surface area contributed by atoms with E-state index in [2.05, 4.69) is 20.7 Å².